The van der Waals surface area contributed by atoms with Crippen molar-refractivity contribution in [2.45, 2.75) is 45.2 Å². The third kappa shape index (κ3) is 3.36. The van der Waals surface area contributed by atoms with Crippen LogP contribution in [0.5, 0.6) is 0 Å². The molecule has 2 N–H and O–H groups in total. The number of benzene rings is 1. The molecule has 0 radical (unpaired) electrons. The first-order valence-corrected chi connectivity index (χ1v) is 6.82. The van der Waals surface area contributed by atoms with Gasteiger partial charge in [-0.2, -0.15) is 0 Å². The third-order valence-corrected chi connectivity index (χ3v) is 3.98. The van der Waals surface area contributed by atoms with Gasteiger partial charge in [-0.15, -0.1) is 0 Å². The van der Waals surface area contributed by atoms with Gasteiger partial charge in [0.1, 0.15) is 0 Å². The van der Waals surface area contributed by atoms with Gasteiger partial charge in [0, 0.05) is 12.6 Å². The molecule has 0 amide bonds. The molecular formula is C14H21ClN2. The van der Waals surface area contributed by atoms with E-state index in [0.717, 1.165) is 6.54 Å². The van der Waals surface area contributed by atoms with Crippen LogP contribution in [0.1, 0.15) is 38.2 Å². The van der Waals surface area contributed by atoms with Crippen LogP contribution in [0.3, 0.4) is 0 Å². The van der Waals surface area contributed by atoms with Crippen molar-refractivity contribution < 1.29 is 0 Å². The van der Waals surface area contributed by atoms with Crippen LogP contribution in [-0.2, 0) is 6.54 Å². The molecule has 1 unspecified atom stereocenters. The van der Waals surface area contributed by atoms with E-state index in [0.29, 0.717) is 16.8 Å². The van der Waals surface area contributed by atoms with Crippen molar-refractivity contribution >= 4 is 17.3 Å². The number of anilines is 1. The third-order valence-electron chi connectivity index (χ3n) is 3.64. The average molecular weight is 253 g/mol. The van der Waals surface area contributed by atoms with Crippen LogP contribution >= 0.6 is 11.6 Å². The van der Waals surface area contributed by atoms with E-state index in [1.165, 1.54) is 37.8 Å². The Balaban J connectivity index is 2.05. The highest BCUT2D eigenvalue weighted by molar-refractivity contribution is 6.33. The number of nitrogens with two attached hydrogens (primary N) is 1. The maximum atomic E-state index is 5.94. The standard InChI is InChI=1S/C14H21ClN2/c1-11-5-3-2-4-8-17(11)10-12-6-7-13(15)14(16)9-12/h6-7,9,11H,2-5,8,10,16H2,1H3. The first-order valence-electron chi connectivity index (χ1n) is 6.45. The predicted octanol–water partition coefficient (Wildman–Crippen LogP) is 3.69. The number of hydrogen-bond acceptors (Lipinski definition) is 2. The Kier molecular flexibility index (Phi) is 4.30. The van der Waals surface area contributed by atoms with Crippen molar-refractivity contribution in [3.05, 3.63) is 28.8 Å². The fraction of sp³-hybridized carbons (Fsp3) is 0.571. The lowest BCUT2D eigenvalue weighted by Gasteiger charge is -2.27. The van der Waals surface area contributed by atoms with E-state index >= 15 is 0 Å². The number of nitrogen functional groups attached to an aromatic ring is 1. The van der Waals surface area contributed by atoms with Gasteiger partial charge in [0.05, 0.1) is 10.7 Å². The number of rotatable bonds is 2. The minimum atomic E-state index is 0.651. The smallest absolute Gasteiger partial charge is 0.0635 e. The van der Waals surface area contributed by atoms with Crippen molar-refractivity contribution in [2.75, 3.05) is 12.3 Å². The minimum absolute atomic E-state index is 0.651. The Hall–Kier alpha value is -0.730. The van der Waals surface area contributed by atoms with Gasteiger partial charge in [0.2, 0.25) is 0 Å². The highest BCUT2D eigenvalue weighted by Gasteiger charge is 2.16. The Labute approximate surface area is 109 Å². The molecule has 0 saturated carbocycles. The van der Waals surface area contributed by atoms with Gasteiger partial charge >= 0.3 is 0 Å². The molecule has 0 aliphatic carbocycles. The van der Waals surface area contributed by atoms with Crippen LogP contribution in [0.25, 0.3) is 0 Å². The van der Waals surface area contributed by atoms with E-state index in [1.807, 2.05) is 12.1 Å². The highest BCUT2D eigenvalue weighted by atomic mass is 35.5. The molecule has 1 aromatic carbocycles. The normalized spacial score (nSPS) is 22.4. The second-order valence-corrected chi connectivity index (χ2v) is 5.43. The van der Waals surface area contributed by atoms with E-state index < -0.39 is 0 Å². The molecule has 0 bridgehead atoms. The van der Waals surface area contributed by atoms with Gasteiger partial charge in [-0.25, -0.2) is 0 Å². The van der Waals surface area contributed by atoms with Crippen LogP contribution in [0.4, 0.5) is 5.69 Å². The van der Waals surface area contributed by atoms with Gasteiger partial charge in [-0.05, 0) is 44.0 Å². The molecule has 17 heavy (non-hydrogen) atoms. The molecule has 2 rings (SSSR count). The Bertz CT molecular complexity index is 378. The highest BCUT2D eigenvalue weighted by Crippen LogP contribution is 2.23. The summed E-state index contributed by atoms with van der Waals surface area (Å²) < 4.78 is 0. The van der Waals surface area contributed by atoms with Gasteiger partial charge in [-0.3, -0.25) is 4.90 Å². The Morgan fingerprint density at radius 1 is 1.35 bits per heavy atom. The van der Waals surface area contributed by atoms with E-state index in [9.17, 15) is 0 Å². The zero-order valence-corrected chi connectivity index (χ0v) is 11.2. The van der Waals surface area contributed by atoms with Crippen molar-refractivity contribution in [3.8, 4) is 0 Å². The zero-order valence-electron chi connectivity index (χ0n) is 10.5. The van der Waals surface area contributed by atoms with Gasteiger partial charge in [-0.1, -0.05) is 30.5 Å². The summed E-state index contributed by atoms with van der Waals surface area (Å²) in [5.41, 5.74) is 7.79. The van der Waals surface area contributed by atoms with Gasteiger partial charge < -0.3 is 5.73 Å². The molecule has 1 aromatic rings. The molecule has 0 aromatic heterocycles. The topological polar surface area (TPSA) is 29.3 Å². The Morgan fingerprint density at radius 3 is 2.94 bits per heavy atom. The van der Waals surface area contributed by atoms with Crippen LogP contribution in [0.15, 0.2) is 18.2 Å². The molecule has 0 spiro atoms. The lowest BCUT2D eigenvalue weighted by Crippen LogP contribution is -2.31. The summed E-state index contributed by atoms with van der Waals surface area (Å²) in [6.45, 7) is 4.51. The first kappa shape index (κ1) is 12.7. The van der Waals surface area contributed by atoms with E-state index in [2.05, 4.69) is 17.9 Å². The van der Waals surface area contributed by atoms with Gasteiger partial charge in [0.15, 0.2) is 0 Å². The second kappa shape index (κ2) is 5.74. The quantitative estimate of drug-likeness (QED) is 0.814. The van der Waals surface area contributed by atoms with Crippen molar-refractivity contribution in [3.63, 3.8) is 0 Å². The summed E-state index contributed by atoms with van der Waals surface area (Å²) in [6, 6.07) is 6.65. The fourth-order valence-corrected chi connectivity index (χ4v) is 2.61. The molecule has 1 aliphatic rings. The first-order chi connectivity index (χ1) is 8.16. The molecule has 94 valence electrons. The SMILES string of the molecule is CC1CCCCCN1Cc1ccc(Cl)c(N)c1. The lowest BCUT2D eigenvalue weighted by molar-refractivity contribution is 0.205. The summed E-state index contributed by atoms with van der Waals surface area (Å²) in [7, 11) is 0. The molecule has 3 heteroatoms. The van der Waals surface area contributed by atoms with Crippen LogP contribution in [0.2, 0.25) is 5.02 Å². The lowest BCUT2D eigenvalue weighted by atomic mass is 10.1. The number of nitrogens with zero attached hydrogens (tertiary/aromatic N) is 1. The molecular weight excluding hydrogens is 232 g/mol. The maximum absolute atomic E-state index is 5.94. The molecule has 2 nitrogen and oxygen atoms in total. The largest absolute Gasteiger partial charge is 0.398 e. The van der Waals surface area contributed by atoms with Crippen LogP contribution in [-0.4, -0.2) is 17.5 Å². The molecule has 1 heterocycles. The fourth-order valence-electron chi connectivity index (χ4n) is 2.50. The van der Waals surface area contributed by atoms with Crippen LogP contribution in [0, 0.1) is 0 Å². The predicted molar refractivity (Wildman–Crippen MR) is 74.2 cm³/mol. The molecule has 1 atom stereocenters. The maximum Gasteiger partial charge on any atom is 0.0635 e. The monoisotopic (exact) mass is 252 g/mol. The number of likely N-dealkylation sites (tertiary alicyclic amines) is 1. The molecule has 1 fully saturated rings. The summed E-state index contributed by atoms with van der Waals surface area (Å²) in [6.07, 6.45) is 5.35. The summed E-state index contributed by atoms with van der Waals surface area (Å²) in [4.78, 5) is 2.55. The van der Waals surface area contributed by atoms with E-state index in [1.54, 1.807) is 0 Å². The number of halogens is 1. The minimum Gasteiger partial charge on any atom is -0.398 e. The van der Waals surface area contributed by atoms with Crippen molar-refractivity contribution in [2.24, 2.45) is 0 Å². The molecule has 1 saturated heterocycles. The summed E-state index contributed by atoms with van der Waals surface area (Å²) >= 11 is 5.94. The van der Waals surface area contributed by atoms with E-state index in [-0.39, 0.29) is 0 Å². The summed E-state index contributed by atoms with van der Waals surface area (Å²) in [5.74, 6) is 0. The van der Waals surface area contributed by atoms with Crippen LogP contribution < -0.4 is 5.73 Å². The average Bonchev–Trinajstić information content (AvgIpc) is 2.50. The number of hydrogen-bond donors (Lipinski definition) is 1. The zero-order chi connectivity index (χ0) is 12.3. The van der Waals surface area contributed by atoms with Crippen molar-refractivity contribution in [1.29, 1.82) is 0 Å². The second-order valence-electron chi connectivity index (χ2n) is 5.02. The van der Waals surface area contributed by atoms with E-state index in [4.69, 9.17) is 17.3 Å². The Morgan fingerprint density at radius 2 is 2.18 bits per heavy atom. The van der Waals surface area contributed by atoms with Gasteiger partial charge in [0.25, 0.3) is 0 Å². The van der Waals surface area contributed by atoms with Crippen molar-refractivity contribution in [1.82, 2.24) is 4.90 Å². The molecule has 1 aliphatic heterocycles. The summed E-state index contributed by atoms with van der Waals surface area (Å²) in [5, 5.41) is 0.651.